The SMILES string of the molecule is Cc1nc(NC(=O)CN(C)Cc2ccc3c(c2)OCCO3)sc1C. The fourth-order valence-corrected chi connectivity index (χ4v) is 3.31. The summed E-state index contributed by atoms with van der Waals surface area (Å²) in [5.74, 6) is 1.48. The van der Waals surface area contributed by atoms with Crippen LogP contribution in [-0.4, -0.2) is 42.6 Å². The Kier molecular flexibility index (Phi) is 5.01. The van der Waals surface area contributed by atoms with Gasteiger partial charge < -0.3 is 14.8 Å². The molecule has 7 heteroatoms. The summed E-state index contributed by atoms with van der Waals surface area (Å²) in [6, 6.07) is 5.88. The van der Waals surface area contributed by atoms with Crippen LogP contribution in [0.4, 0.5) is 5.13 Å². The molecule has 0 radical (unpaired) electrons. The van der Waals surface area contributed by atoms with Gasteiger partial charge in [0.05, 0.1) is 12.2 Å². The van der Waals surface area contributed by atoms with Gasteiger partial charge in [0.15, 0.2) is 16.6 Å². The Balaban J connectivity index is 1.55. The molecule has 6 nitrogen and oxygen atoms in total. The Morgan fingerprint density at radius 3 is 2.75 bits per heavy atom. The molecule has 128 valence electrons. The van der Waals surface area contributed by atoms with E-state index in [0.29, 0.717) is 31.4 Å². The molecular formula is C17H21N3O3S. The number of carbonyl (C=O) groups excluding carboxylic acids is 1. The molecule has 1 aromatic carbocycles. The molecule has 1 N–H and O–H groups in total. The van der Waals surface area contributed by atoms with E-state index in [0.717, 1.165) is 27.6 Å². The van der Waals surface area contributed by atoms with Crippen molar-refractivity contribution in [2.75, 3.05) is 32.1 Å². The quantitative estimate of drug-likeness (QED) is 0.901. The third kappa shape index (κ3) is 4.04. The molecule has 2 heterocycles. The Bertz CT molecular complexity index is 725. The maximum Gasteiger partial charge on any atom is 0.240 e. The first-order valence-corrected chi connectivity index (χ1v) is 8.64. The molecule has 0 bridgehead atoms. The van der Waals surface area contributed by atoms with Crippen molar-refractivity contribution in [3.05, 3.63) is 34.3 Å². The molecule has 24 heavy (non-hydrogen) atoms. The van der Waals surface area contributed by atoms with Crippen LogP contribution in [0.15, 0.2) is 18.2 Å². The molecule has 1 aliphatic heterocycles. The van der Waals surface area contributed by atoms with Gasteiger partial charge in [-0.2, -0.15) is 0 Å². The molecule has 0 atom stereocenters. The van der Waals surface area contributed by atoms with Crippen molar-refractivity contribution in [2.45, 2.75) is 20.4 Å². The van der Waals surface area contributed by atoms with Crippen molar-refractivity contribution >= 4 is 22.4 Å². The van der Waals surface area contributed by atoms with Crippen molar-refractivity contribution < 1.29 is 14.3 Å². The number of hydrogen-bond acceptors (Lipinski definition) is 6. The van der Waals surface area contributed by atoms with E-state index in [9.17, 15) is 4.79 Å². The first-order valence-electron chi connectivity index (χ1n) is 7.82. The van der Waals surface area contributed by atoms with E-state index in [2.05, 4.69) is 10.3 Å². The molecule has 0 unspecified atom stereocenters. The summed E-state index contributed by atoms with van der Waals surface area (Å²) in [5, 5.41) is 3.51. The number of nitrogens with zero attached hydrogens (tertiary/aromatic N) is 2. The van der Waals surface area contributed by atoms with E-state index in [-0.39, 0.29) is 5.91 Å². The number of nitrogens with one attached hydrogen (secondary N) is 1. The molecule has 0 saturated heterocycles. The summed E-state index contributed by atoms with van der Waals surface area (Å²) in [6.07, 6.45) is 0. The molecule has 0 aliphatic carbocycles. The van der Waals surface area contributed by atoms with Crippen LogP contribution in [0.1, 0.15) is 16.1 Å². The van der Waals surface area contributed by atoms with Crippen LogP contribution in [0.2, 0.25) is 0 Å². The summed E-state index contributed by atoms with van der Waals surface area (Å²) in [5.41, 5.74) is 2.04. The smallest absolute Gasteiger partial charge is 0.240 e. The average molecular weight is 347 g/mol. The summed E-state index contributed by atoms with van der Waals surface area (Å²) < 4.78 is 11.1. The summed E-state index contributed by atoms with van der Waals surface area (Å²) in [6.45, 7) is 6.04. The fourth-order valence-electron chi connectivity index (χ4n) is 2.48. The lowest BCUT2D eigenvalue weighted by Crippen LogP contribution is -2.29. The predicted octanol–water partition coefficient (Wildman–Crippen LogP) is 2.60. The van der Waals surface area contributed by atoms with Crippen LogP contribution in [-0.2, 0) is 11.3 Å². The van der Waals surface area contributed by atoms with Crippen LogP contribution < -0.4 is 14.8 Å². The van der Waals surface area contributed by atoms with Crippen molar-refractivity contribution in [3.8, 4) is 11.5 Å². The van der Waals surface area contributed by atoms with Gasteiger partial charge in [-0.1, -0.05) is 6.07 Å². The van der Waals surface area contributed by atoms with Gasteiger partial charge in [-0.05, 0) is 38.6 Å². The second-order valence-electron chi connectivity index (χ2n) is 5.86. The van der Waals surface area contributed by atoms with Gasteiger partial charge in [0.1, 0.15) is 13.2 Å². The molecule has 1 aliphatic rings. The van der Waals surface area contributed by atoms with E-state index in [1.807, 2.05) is 44.0 Å². The van der Waals surface area contributed by atoms with E-state index in [1.165, 1.54) is 11.3 Å². The topological polar surface area (TPSA) is 63.7 Å². The van der Waals surface area contributed by atoms with Gasteiger partial charge in [-0.15, -0.1) is 11.3 Å². The first kappa shape index (κ1) is 16.7. The average Bonchev–Trinajstić information content (AvgIpc) is 2.84. The number of aromatic nitrogens is 1. The molecule has 2 aromatic rings. The largest absolute Gasteiger partial charge is 0.486 e. The third-order valence-corrected chi connectivity index (χ3v) is 4.74. The Morgan fingerprint density at radius 1 is 1.29 bits per heavy atom. The van der Waals surface area contributed by atoms with Crippen molar-refractivity contribution in [3.63, 3.8) is 0 Å². The summed E-state index contributed by atoms with van der Waals surface area (Å²) in [4.78, 5) is 19.5. The molecular weight excluding hydrogens is 326 g/mol. The highest BCUT2D eigenvalue weighted by Crippen LogP contribution is 2.31. The second-order valence-corrected chi connectivity index (χ2v) is 7.06. The number of anilines is 1. The minimum absolute atomic E-state index is 0.0659. The number of ether oxygens (including phenoxy) is 2. The third-order valence-electron chi connectivity index (χ3n) is 3.75. The molecule has 1 amide bonds. The molecule has 0 fully saturated rings. The lowest BCUT2D eigenvalue weighted by atomic mass is 10.2. The van der Waals surface area contributed by atoms with Gasteiger partial charge in [0, 0.05) is 11.4 Å². The van der Waals surface area contributed by atoms with Gasteiger partial charge in [0.25, 0.3) is 0 Å². The van der Waals surface area contributed by atoms with E-state index >= 15 is 0 Å². The Labute approximate surface area is 145 Å². The number of fused-ring (bicyclic) bond motifs is 1. The Hall–Kier alpha value is -2.12. The van der Waals surface area contributed by atoms with Crippen molar-refractivity contribution in [1.29, 1.82) is 0 Å². The highest BCUT2D eigenvalue weighted by molar-refractivity contribution is 7.15. The van der Waals surface area contributed by atoms with Crippen LogP contribution in [0.25, 0.3) is 0 Å². The molecule has 3 rings (SSSR count). The number of thiazole rings is 1. The van der Waals surface area contributed by atoms with Crippen LogP contribution in [0.3, 0.4) is 0 Å². The molecule has 0 spiro atoms. The minimum atomic E-state index is -0.0659. The maximum absolute atomic E-state index is 12.1. The molecule has 0 saturated carbocycles. The van der Waals surface area contributed by atoms with E-state index in [1.54, 1.807) is 0 Å². The number of amides is 1. The lowest BCUT2D eigenvalue weighted by Gasteiger charge is -2.20. The highest BCUT2D eigenvalue weighted by atomic mass is 32.1. The van der Waals surface area contributed by atoms with Gasteiger partial charge in [-0.25, -0.2) is 4.98 Å². The monoisotopic (exact) mass is 347 g/mol. The zero-order valence-corrected chi connectivity index (χ0v) is 14.9. The number of rotatable bonds is 5. The van der Waals surface area contributed by atoms with Gasteiger partial charge in [-0.3, -0.25) is 9.69 Å². The number of hydrogen-bond donors (Lipinski definition) is 1. The highest BCUT2D eigenvalue weighted by Gasteiger charge is 2.14. The van der Waals surface area contributed by atoms with Gasteiger partial charge in [0.2, 0.25) is 5.91 Å². The number of benzene rings is 1. The normalized spacial score (nSPS) is 13.2. The number of likely N-dealkylation sites (N-methyl/N-ethyl adjacent to an activating group) is 1. The maximum atomic E-state index is 12.1. The fraction of sp³-hybridized carbons (Fsp3) is 0.412. The van der Waals surface area contributed by atoms with Crippen LogP contribution in [0.5, 0.6) is 11.5 Å². The van der Waals surface area contributed by atoms with Crippen molar-refractivity contribution in [2.24, 2.45) is 0 Å². The van der Waals surface area contributed by atoms with Gasteiger partial charge >= 0.3 is 0 Å². The standard InChI is InChI=1S/C17H21N3O3S/c1-11-12(2)24-17(18-11)19-16(21)10-20(3)9-13-4-5-14-15(8-13)23-7-6-22-14/h4-5,8H,6-7,9-10H2,1-3H3,(H,18,19,21). The zero-order valence-electron chi connectivity index (χ0n) is 14.1. The van der Waals surface area contributed by atoms with Crippen molar-refractivity contribution in [1.82, 2.24) is 9.88 Å². The second kappa shape index (κ2) is 7.19. The Morgan fingerprint density at radius 2 is 2.04 bits per heavy atom. The molecule has 1 aromatic heterocycles. The minimum Gasteiger partial charge on any atom is -0.486 e. The van der Waals surface area contributed by atoms with Crippen LogP contribution in [0, 0.1) is 13.8 Å². The predicted molar refractivity (Wildman–Crippen MR) is 94.0 cm³/mol. The first-order chi connectivity index (χ1) is 11.5. The lowest BCUT2D eigenvalue weighted by molar-refractivity contribution is -0.117. The van der Waals surface area contributed by atoms with Crippen LogP contribution >= 0.6 is 11.3 Å². The number of carbonyl (C=O) groups is 1. The zero-order chi connectivity index (χ0) is 17.1. The van der Waals surface area contributed by atoms with E-state index in [4.69, 9.17) is 9.47 Å². The summed E-state index contributed by atoms with van der Waals surface area (Å²) in [7, 11) is 1.91. The van der Waals surface area contributed by atoms with E-state index < -0.39 is 0 Å². The number of aryl methyl sites for hydroxylation is 2. The summed E-state index contributed by atoms with van der Waals surface area (Å²) >= 11 is 1.50.